The van der Waals surface area contributed by atoms with Crippen molar-refractivity contribution >= 4 is 0 Å². The van der Waals surface area contributed by atoms with Crippen molar-refractivity contribution in [1.29, 1.82) is 0 Å². The van der Waals surface area contributed by atoms with Crippen LogP contribution in [0.5, 0.6) is 0 Å². The van der Waals surface area contributed by atoms with Crippen LogP contribution in [-0.4, -0.2) is 40.9 Å². The van der Waals surface area contributed by atoms with Gasteiger partial charge < -0.3 is 19.7 Å². The van der Waals surface area contributed by atoms with Crippen molar-refractivity contribution in [3.8, 4) is 0 Å². The van der Waals surface area contributed by atoms with Crippen molar-refractivity contribution in [2.45, 2.75) is 51.3 Å². The lowest BCUT2D eigenvalue weighted by Crippen LogP contribution is -2.33. The first-order valence-electron chi connectivity index (χ1n) is 4.61. The molecule has 0 aliphatic carbocycles. The summed E-state index contributed by atoms with van der Waals surface area (Å²) in [4.78, 5) is 0. The number of aliphatic hydroxyl groups excluding tert-OH is 2. The predicted molar refractivity (Wildman–Crippen MR) is 47.2 cm³/mol. The highest BCUT2D eigenvalue weighted by Crippen LogP contribution is 2.31. The predicted octanol–water partition coefficient (Wildman–Crippen LogP) is 0.270. The lowest BCUT2D eigenvalue weighted by molar-refractivity contribution is -0.154. The zero-order valence-corrected chi connectivity index (χ0v) is 8.36. The molecule has 0 bridgehead atoms. The Labute approximate surface area is 78.5 Å². The maximum absolute atomic E-state index is 9.39. The monoisotopic (exact) mass is 190 g/mol. The first kappa shape index (κ1) is 10.9. The molecule has 78 valence electrons. The van der Waals surface area contributed by atoms with Crippen molar-refractivity contribution in [1.82, 2.24) is 0 Å². The fourth-order valence-electron chi connectivity index (χ4n) is 1.62. The van der Waals surface area contributed by atoms with E-state index in [-0.39, 0.29) is 18.8 Å². The van der Waals surface area contributed by atoms with E-state index in [4.69, 9.17) is 14.6 Å². The van der Waals surface area contributed by atoms with Crippen molar-refractivity contribution < 1.29 is 19.7 Å². The molecule has 0 amide bonds. The summed E-state index contributed by atoms with van der Waals surface area (Å²) in [5, 5.41) is 18.2. The molecule has 1 aliphatic heterocycles. The Bertz CT molecular complexity index is 167. The maximum atomic E-state index is 9.39. The standard InChI is InChI=1S/C9H18O4/c1-6(11)8-7(4-5-10)12-9(2,3)13-8/h6-8,10-11H,4-5H2,1-3H3/t6-,7-,8+/m1/s1. The Kier molecular flexibility index (Phi) is 3.29. The van der Waals surface area contributed by atoms with E-state index < -0.39 is 11.9 Å². The zero-order valence-electron chi connectivity index (χ0n) is 8.36. The van der Waals surface area contributed by atoms with Gasteiger partial charge in [0.25, 0.3) is 0 Å². The molecule has 4 nitrogen and oxygen atoms in total. The average Bonchev–Trinajstić information content (AvgIpc) is 2.26. The topological polar surface area (TPSA) is 58.9 Å². The number of hydrogen-bond acceptors (Lipinski definition) is 4. The van der Waals surface area contributed by atoms with Crippen LogP contribution in [-0.2, 0) is 9.47 Å². The molecule has 3 atom stereocenters. The third kappa shape index (κ3) is 2.64. The fourth-order valence-corrected chi connectivity index (χ4v) is 1.62. The third-order valence-electron chi connectivity index (χ3n) is 2.11. The second-order valence-corrected chi connectivity index (χ2v) is 3.89. The highest BCUT2D eigenvalue weighted by Gasteiger charge is 2.42. The van der Waals surface area contributed by atoms with Gasteiger partial charge in [0.1, 0.15) is 6.10 Å². The summed E-state index contributed by atoms with van der Waals surface area (Å²) in [6.07, 6.45) is -0.612. The molecule has 0 aromatic rings. The largest absolute Gasteiger partial charge is 0.396 e. The highest BCUT2D eigenvalue weighted by atomic mass is 16.8. The molecule has 0 aromatic carbocycles. The summed E-state index contributed by atoms with van der Waals surface area (Å²) in [5.74, 6) is -0.651. The summed E-state index contributed by atoms with van der Waals surface area (Å²) in [6, 6.07) is 0. The second-order valence-electron chi connectivity index (χ2n) is 3.89. The molecule has 1 fully saturated rings. The van der Waals surface area contributed by atoms with Gasteiger partial charge >= 0.3 is 0 Å². The highest BCUT2D eigenvalue weighted by molar-refractivity contribution is 4.84. The Morgan fingerprint density at radius 1 is 1.38 bits per heavy atom. The minimum Gasteiger partial charge on any atom is -0.396 e. The van der Waals surface area contributed by atoms with Crippen molar-refractivity contribution in [2.24, 2.45) is 0 Å². The van der Waals surface area contributed by atoms with Crippen LogP contribution in [0.25, 0.3) is 0 Å². The molecule has 2 N–H and O–H groups in total. The van der Waals surface area contributed by atoms with Gasteiger partial charge in [-0.05, 0) is 27.2 Å². The molecule has 0 spiro atoms. The molecule has 1 rings (SSSR count). The number of hydrogen-bond donors (Lipinski definition) is 2. The van der Waals surface area contributed by atoms with Gasteiger partial charge in [-0.1, -0.05) is 0 Å². The number of rotatable bonds is 3. The molecule has 1 heterocycles. The van der Waals surface area contributed by atoms with Crippen LogP contribution in [0.1, 0.15) is 27.2 Å². The van der Waals surface area contributed by atoms with Gasteiger partial charge in [-0.3, -0.25) is 0 Å². The molecule has 0 radical (unpaired) electrons. The maximum Gasteiger partial charge on any atom is 0.163 e. The van der Waals surface area contributed by atoms with E-state index in [1.165, 1.54) is 0 Å². The Morgan fingerprint density at radius 3 is 2.46 bits per heavy atom. The van der Waals surface area contributed by atoms with Gasteiger partial charge in [0.2, 0.25) is 0 Å². The van der Waals surface area contributed by atoms with Crippen LogP contribution in [0.3, 0.4) is 0 Å². The molecule has 13 heavy (non-hydrogen) atoms. The van der Waals surface area contributed by atoms with E-state index in [1.807, 2.05) is 0 Å². The van der Waals surface area contributed by atoms with Crippen LogP contribution in [0.4, 0.5) is 0 Å². The van der Waals surface area contributed by atoms with Crippen LogP contribution >= 0.6 is 0 Å². The molecule has 0 saturated carbocycles. The zero-order chi connectivity index (χ0) is 10.1. The molecule has 1 saturated heterocycles. The summed E-state index contributed by atoms with van der Waals surface area (Å²) >= 11 is 0. The average molecular weight is 190 g/mol. The van der Waals surface area contributed by atoms with Crippen LogP contribution < -0.4 is 0 Å². The smallest absolute Gasteiger partial charge is 0.163 e. The van der Waals surface area contributed by atoms with E-state index in [0.717, 1.165) is 0 Å². The second kappa shape index (κ2) is 3.92. The Hall–Kier alpha value is -0.160. The van der Waals surface area contributed by atoms with Gasteiger partial charge in [0.15, 0.2) is 5.79 Å². The molecule has 0 unspecified atom stereocenters. The first-order chi connectivity index (χ1) is 5.96. The summed E-state index contributed by atoms with van der Waals surface area (Å²) in [7, 11) is 0. The minimum atomic E-state index is -0.651. The molecule has 0 aromatic heterocycles. The summed E-state index contributed by atoms with van der Waals surface area (Å²) < 4.78 is 11.0. The minimum absolute atomic E-state index is 0.0489. The Morgan fingerprint density at radius 2 is 2.00 bits per heavy atom. The van der Waals surface area contributed by atoms with Gasteiger partial charge in [-0.2, -0.15) is 0 Å². The van der Waals surface area contributed by atoms with Crippen LogP contribution in [0.2, 0.25) is 0 Å². The van der Waals surface area contributed by atoms with E-state index in [0.29, 0.717) is 6.42 Å². The lowest BCUT2D eigenvalue weighted by Gasteiger charge is -2.18. The van der Waals surface area contributed by atoms with E-state index in [2.05, 4.69) is 0 Å². The quantitative estimate of drug-likeness (QED) is 0.670. The normalized spacial score (nSPS) is 34.8. The van der Waals surface area contributed by atoms with Crippen LogP contribution in [0.15, 0.2) is 0 Å². The molecule has 1 aliphatic rings. The van der Waals surface area contributed by atoms with Gasteiger partial charge in [-0.15, -0.1) is 0 Å². The van der Waals surface area contributed by atoms with Gasteiger partial charge in [-0.25, -0.2) is 0 Å². The lowest BCUT2D eigenvalue weighted by atomic mass is 10.1. The van der Waals surface area contributed by atoms with Crippen LogP contribution in [0, 0.1) is 0 Å². The van der Waals surface area contributed by atoms with E-state index in [9.17, 15) is 5.11 Å². The van der Waals surface area contributed by atoms with Gasteiger partial charge in [0, 0.05) is 6.61 Å². The number of ether oxygens (including phenoxy) is 2. The van der Waals surface area contributed by atoms with Crippen molar-refractivity contribution in [3.05, 3.63) is 0 Å². The molecule has 4 heteroatoms. The summed E-state index contributed by atoms with van der Waals surface area (Å²) in [5.41, 5.74) is 0. The van der Waals surface area contributed by atoms with E-state index >= 15 is 0 Å². The van der Waals surface area contributed by atoms with Gasteiger partial charge in [0.05, 0.1) is 12.2 Å². The molecular weight excluding hydrogens is 172 g/mol. The third-order valence-corrected chi connectivity index (χ3v) is 2.11. The Balaban J connectivity index is 2.60. The first-order valence-corrected chi connectivity index (χ1v) is 4.61. The van der Waals surface area contributed by atoms with Crippen molar-refractivity contribution in [3.63, 3.8) is 0 Å². The SMILES string of the molecule is C[C@@H](O)[C@@H]1OC(C)(C)O[C@@H]1CCO. The summed E-state index contributed by atoms with van der Waals surface area (Å²) in [6.45, 7) is 5.33. The fraction of sp³-hybridized carbons (Fsp3) is 1.00. The van der Waals surface area contributed by atoms with E-state index in [1.54, 1.807) is 20.8 Å². The number of aliphatic hydroxyl groups is 2. The molecular formula is C9H18O4. The van der Waals surface area contributed by atoms with Crippen molar-refractivity contribution in [2.75, 3.05) is 6.61 Å².